The zero-order valence-electron chi connectivity index (χ0n) is 14.4. The molecule has 2 aromatic rings. The van der Waals surface area contributed by atoms with Gasteiger partial charge in [0.25, 0.3) is 5.91 Å². The molecule has 1 amide bonds. The summed E-state index contributed by atoms with van der Waals surface area (Å²) in [5.41, 5.74) is 3.17. The molecule has 1 heterocycles. The Bertz CT molecular complexity index is 672. The first-order valence-corrected chi connectivity index (χ1v) is 8.18. The van der Waals surface area contributed by atoms with Gasteiger partial charge in [0.2, 0.25) is 0 Å². The van der Waals surface area contributed by atoms with Crippen molar-refractivity contribution in [1.29, 1.82) is 0 Å². The number of hydrogen-bond acceptors (Lipinski definition) is 4. The van der Waals surface area contributed by atoms with Crippen LogP contribution in [0.25, 0.3) is 11.3 Å². The Morgan fingerprint density at radius 2 is 2.00 bits per heavy atom. The molecule has 5 heteroatoms. The lowest BCUT2D eigenvalue weighted by Gasteiger charge is -2.21. The van der Waals surface area contributed by atoms with Crippen LogP contribution in [0.4, 0.5) is 0 Å². The molecule has 0 radical (unpaired) electrons. The maximum absolute atomic E-state index is 12.3. The minimum absolute atomic E-state index is 0.00485. The summed E-state index contributed by atoms with van der Waals surface area (Å²) in [6.45, 7) is 4.76. The second-order valence-corrected chi connectivity index (χ2v) is 6.05. The fourth-order valence-electron chi connectivity index (χ4n) is 2.64. The van der Waals surface area contributed by atoms with Crippen LogP contribution in [0.15, 0.2) is 42.6 Å². The SMILES string of the molecule is CNC(=O)c1cccc(CN[C@@H](CO)C(C)C)c1-c1ccccn1. The van der Waals surface area contributed by atoms with Crippen molar-refractivity contribution in [3.8, 4) is 11.3 Å². The van der Waals surface area contributed by atoms with Crippen LogP contribution in [0.5, 0.6) is 0 Å². The van der Waals surface area contributed by atoms with Gasteiger partial charge in [0.1, 0.15) is 0 Å². The van der Waals surface area contributed by atoms with Crippen molar-refractivity contribution in [3.05, 3.63) is 53.7 Å². The monoisotopic (exact) mass is 327 g/mol. The van der Waals surface area contributed by atoms with Gasteiger partial charge in [-0.05, 0) is 29.7 Å². The maximum atomic E-state index is 12.3. The molecular formula is C19H25N3O2. The lowest BCUT2D eigenvalue weighted by Crippen LogP contribution is -2.36. The molecule has 0 unspecified atom stereocenters. The molecule has 1 atom stereocenters. The van der Waals surface area contributed by atoms with Gasteiger partial charge in [-0.15, -0.1) is 0 Å². The average molecular weight is 327 g/mol. The molecule has 0 fully saturated rings. The van der Waals surface area contributed by atoms with E-state index < -0.39 is 0 Å². The highest BCUT2D eigenvalue weighted by Crippen LogP contribution is 2.26. The Morgan fingerprint density at radius 1 is 1.21 bits per heavy atom. The summed E-state index contributed by atoms with van der Waals surface area (Å²) in [7, 11) is 1.62. The van der Waals surface area contributed by atoms with E-state index in [4.69, 9.17) is 0 Å². The van der Waals surface area contributed by atoms with Crippen LogP contribution in [-0.4, -0.2) is 35.7 Å². The molecule has 2 rings (SSSR count). The van der Waals surface area contributed by atoms with E-state index in [0.717, 1.165) is 16.8 Å². The number of carbonyl (C=O) groups excluding carboxylic acids is 1. The van der Waals surface area contributed by atoms with Gasteiger partial charge < -0.3 is 15.7 Å². The molecule has 1 aromatic carbocycles. The van der Waals surface area contributed by atoms with Crippen molar-refractivity contribution in [2.24, 2.45) is 5.92 Å². The van der Waals surface area contributed by atoms with Crippen LogP contribution in [-0.2, 0) is 6.54 Å². The van der Waals surface area contributed by atoms with E-state index in [1.54, 1.807) is 19.3 Å². The number of carbonyl (C=O) groups is 1. The van der Waals surface area contributed by atoms with Crippen molar-refractivity contribution in [2.45, 2.75) is 26.4 Å². The molecule has 0 aliphatic carbocycles. The Morgan fingerprint density at radius 3 is 2.58 bits per heavy atom. The van der Waals surface area contributed by atoms with Crippen LogP contribution >= 0.6 is 0 Å². The van der Waals surface area contributed by atoms with Gasteiger partial charge in [0.15, 0.2) is 0 Å². The normalized spacial score (nSPS) is 12.2. The minimum Gasteiger partial charge on any atom is -0.395 e. The van der Waals surface area contributed by atoms with Crippen molar-refractivity contribution in [3.63, 3.8) is 0 Å². The molecule has 0 aliphatic heterocycles. The van der Waals surface area contributed by atoms with Gasteiger partial charge in [-0.3, -0.25) is 9.78 Å². The summed E-state index contributed by atoms with van der Waals surface area (Å²) in [5.74, 6) is 0.176. The topological polar surface area (TPSA) is 74.2 Å². The molecule has 0 saturated heterocycles. The summed E-state index contributed by atoms with van der Waals surface area (Å²) in [5, 5.41) is 15.6. The number of pyridine rings is 1. The second kappa shape index (κ2) is 8.57. The number of hydrogen-bond donors (Lipinski definition) is 3. The number of nitrogens with zero attached hydrogens (tertiary/aromatic N) is 1. The summed E-state index contributed by atoms with van der Waals surface area (Å²) < 4.78 is 0. The summed E-state index contributed by atoms with van der Waals surface area (Å²) >= 11 is 0. The fraction of sp³-hybridized carbons (Fsp3) is 0.368. The van der Waals surface area contributed by atoms with Crippen molar-refractivity contribution in [1.82, 2.24) is 15.6 Å². The van der Waals surface area contributed by atoms with Crippen molar-refractivity contribution >= 4 is 5.91 Å². The van der Waals surface area contributed by atoms with Crippen molar-refractivity contribution in [2.75, 3.05) is 13.7 Å². The summed E-state index contributed by atoms with van der Waals surface area (Å²) in [6, 6.07) is 11.3. The van der Waals surface area contributed by atoms with Crippen LogP contribution in [0.1, 0.15) is 29.8 Å². The van der Waals surface area contributed by atoms with Gasteiger partial charge in [0, 0.05) is 37.0 Å². The number of aliphatic hydroxyl groups excluding tert-OH is 1. The number of benzene rings is 1. The molecule has 0 bridgehead atoms. The van der Waals surface area contributed by atoms with Crippen LogP contribution in [0.3, 0.4) is 0 Å². The van der Waals surface area contributed by atoms with Crippen LogP contribution < -0.4 is 10.6 Å². The van der Waals surface area contributed by atoms with E-state index in [-0.39, 0.29) is 18.6 Å². The number of aromatic nitrogens is 1. The maximum Gasteiger partial charge on any atom is 0.251 e. The predicted molar refractivity (Wildman–Crippen MR) is 95.6 cm³/mol. The highest BCUT2D eigenvalue weighted by molar-refractivity contribution is 6.01. The standard InChI is InChI=1S/C19H25N3O2/c1-13(2)17(12-23)22-11-14-7-6-8-15(19(24)20-3)18(14)16-9-4-5-10-21-16/h4-10,13,17,22-23H,11-12H2,1-3H3,(H,20,24)/t17-/m0/s1. The van der Waals surface area contributed by atoms with Gasteiger partial charge in [-0.2, -0.15) is 0 Å². The smallest absolute Gasteiger partial charge is 0.251 e. The van der Waals surface area contributed by atoms with Gasteiger partial charge in [-0.1, -0.05) is 32.0 Å². The molecule has 24 heavy (non-hydrogen) atoms. The zero-order chi connectivity index (χ0) is 17.5. The van der Waals surface area contributed by atoms with E-state index >= 15 is 0 Å². The van der Waals surface area contributed by atoms with E-state index in [1.165, 1.54) is 0 Å². The molecule has 3 N–H and O–H groups in total. The highest BCUT2D eigenvalue weighted by atomic mass is 16.3. The fourth-order valence-corrected chi connectivity index (χ4v) is 2.64. The lowest BCUT2D eigenvalue weighted by atomic mass is 9.96. The lowest BCUT2D eigenvalue weighted by molar-refractivity contribution is 0.0963. The molecule has 1 aromatic heterocycles. The number of amides is 1. The second-order valence-electron chi connectivity index (χ2n) is 6.05. The van der Waals surface area contributed by atoms with Gasteiger partial charge in [0.05, 0.1) is 12.3 Å². The Hall–Kier alpha value is -2.24. The van der Waals surface area contributed by atoms with E-state index in [0.29, 0.717) is 18.0 Å². The first kappa shape index (κ1) is 18.1. The molecular weight excluding hydrogens is 302 g/mol. The van der Waals surface area contributed by atoms with Gasteiger partial charge >= 0.3 is 0 Å². The molecule has 5 nitrogen and oxygen atoms in total. The van der Waals surface area contributed by atoms with Gasteiger partial charge in [-0.25, -0.2) is 0 Å². The first-order chi connectivity index (χ1) is 11.6. The number of nitrogens with one attached hydrogen (secondary N) is 2. The molecule has 0 spiro atoms. The third kappa shape index (κ3) is 4.19. The zero-order valence-corrected chi connectivity index (χ0v) is 14.4. The predicted octanol–water partition coefficient (Wildman–Crippen LogP) is 2.21. The van der Waals surface area contributed by atoms with E-state index in [1.807, 2.05) is 30.3 Å². The largest absolute Gasteiger partial charge is 0.395 e. The Balaban J connectivity index is 2.42. The third-order valence-electron chi connectivity index (χ3n) is 4.10. The number of aliphatic hydroxyl groups is 1. The van der Waals surface area contributed by atoms with Crippen LogP contribution in [0, 0.1) is 5.92 Å². The minimum atomic E-state index is -0.139. The number of rotatable bonds is 7. The van der Waals surface area contributed by atoms with Crippen LogP contribution in [0.2, 0.25) is 0 Å². The van der Waals surface area contributed by atoms with E-state index in [2.05, 4.69) is 29.5 Å². The Labute approximate surface area is 143 Å². The molecule has 0 saturated carbocycles. The first-order valence-electron chi connectivity index (χ1n) is 8.18. The molecule has 0 aliphatic rings. The highest BCUT2D eigenvalue weighted by Gasteiger charge is 2.18. The summed E-state index contributed by atoms with van der Waals surface area (Å²) in [4.78, 5) is 16.7. The quantitative estimate of drug-likeness (QED) is 0.729. The summed E-state index contributed by atoms with van der Waals surface area (Å²) in [6.07, 6.45) is 1.72. The average Bonchev–Trinajstić information content (AvgIpc) is 2.61. The third-order valence-corrected chi connectivity index (χ3v) is 4.10. The Kier molecular flexibility index (Phi) is 6.46. The van der Waals surface area contributed by atoms with Crippen molar-refractivity contribution < 1.29 is 9.90 Å². The molecule has 128 valence electrons. The van der Waals surface area contributed by atoms with E-state index in [9.17, 15) is 9.90 Å².